The molecule has 1 saturated carbocycles. The van der Waals surface area contributed by atoms with Gasteiger partial charge in [-0.1, -0.05) is 12.8 Å². The van der Waals surface area contributed by atoms with Crippen LogP contribution in [-0.2, 0) is 4.74 Å². The second kappa shape index (κ2) is 8.11. The van der Waals surface area contributed by atoms with Crippen molar-refractivity contribution in [2.24, 2.45) is 5.92 Å². The molecule has 2 atom stereocenters. The van der Waals surface area contributed by atoms with Crippen LogP contribution in [0, 0.1) is 17.2 Å². The number of nitrogens with zero attached hydrogens (tertiary/aromatic N) is 1. The van der Waals surface area contributed by atoms with Gasteiger partial charge in [0.2, 0.25) is 0 Å². The number of nitriles is 1. The fraction of sp³-hybridized carbons (Fsp3) is 0.867. The van der Waals surface area contributed by atoms with E-state index in [1.54, 1.807) is 0 Å². The summed E-state index contributed by atoms with van der Waals surface area (Å²) in [5, 5.41) is 14.9. The van der Waals surface area contributed by atoms with E-state index in [4.69, 9.17) is 10.00 Å². The van der Waals surface area contributed by atoms with Gasteiger partial charge in [0, 0.05) is 25.6 Å². The molecular formula is C15H27N3O2. The van der Waals surface area contributed by atoms with Gasteiger partial charge in [0.1, 0.15) is 5.60 Å². The minimum atomic E-state index is -0.457. The minimum absolute atomic E-state index is 0.348. The monoisotopic (exact) mass is 281 g/mol. The molecule has 20 heavy (non-hydrogen) atoms. The van der Waals surface area contributed by atoms with Gasteiger partial charge >= 0.3 is 6.09 Å². The van der Waals surface area contributed by atoms with Gasteiger partial charge in [-0.05, 0) is 39.5 Å². The molecule has 1 amide bonds. The van der Waals surface area contributed by atoms with Crippen LogP contribution in [0.3, 0.4) is 0 Å². The van der Waals surface area contributed by atoms with Gasteiger partial charge in [-0.25, -0.2) is 4.79 Å². The summed E-state index contributed by atoms with van der Waals surface area (Å²) in [6, 6.07) is 2.54. The van der Waals surface area contributed by atoms with Gasteiger partial charge in [0.25, 0.3) is 0 Å². The highest BCUT2D eigenvalue weighted by Gasteiger charge is 2.25. The third-order valence-corrected chi connectivity index (χ3v) is 3.46. The molecule has 0 spiro atoms. The molecule has 0 aromatic heterocycles. The summed E-state index contributed by atoms with van der Waals surface area (Å²) in [6.45, 7) is 6.95. The van der Waals surface area contributed by atoms with Crippen LogP contribution < -0.4 is 10.6 Å². The second-order valence-corrected chi connectivity index (χ2v) is 6.40. The Hall–Kier alpha value is -1.28. The highest BCUT2D eigenvalue weighted by atomic mass is 16.6. The lowest BCUT2D eigenvalue weighted by Crippen LogP contribution is -2.45. The lowest BCUT2D eigenvalue weighted by atomic mass is 9.84. The highest BCUT2D eigenvalue weighted by Crippen LogP contribution is 2.24. The minimum Gasteiger partial charge on any atom is -0.444 e. The zero-order chi connectivity index (χ0) is 15.0. The molecule has 1 fully saturated rings. The summed E-state index contributed by atoms with van der Waals surface area (Å²) in [5.41, 5.74) is -0.457. The van der Waals surface area contributed by atoms with Gasteiger partial charge in [-0.2, -0.15) is 5.26 Å². The molecule has 0 radical (unpaired) electrons. The van der Waals surface area contributed by atoms with E-state index >= 15 is 0 Å². The Morgan fingerprint density at radius 2 is 2.05 bits per heavy atom. The Kier molecular flexibility index (Phi) is 6.80. The third kappa shape index (κ3) is 6.76. The van der Waals surface area contributed by atoms with Crippen molar-refractivity contribution in [2.45, 2.75) is 64.5 Å². The highest BCUT2D eigenvalue weighted by molar-refractivity contribution is 5.67. The molecule has 2 unspecified atom stereocenters. The summed E-state index contributed by atoms with van der Waals surface area (Å²) in [6.07, 6.45) is 4.83. The van der Waals surface area contributed by atoms with Crippen molar-refractivity contribution < 1.29 is 9.53 Å². The number of nitrogens with one attached hydrogen (secondary N) is 2. The SMILES string of the molecule is CC(C)(C)OC(=O)NCC1CCCCC1NCCC#N. The molecule has 0 bridgehead atoms. The lowest BCUT2D eigenvalue weighted by molar-refractivity contribution is 0.0511. The van der Waals surface area contributed by atoms with E-state index in [2.05, 4.69) is 16.7 Å². The number of alkyl carbamates (subject to hydrolysis) is 1. The number of amides is 1. The molecule has 5 heteroatoms. The number of ether oxygens (including phenoxy) is 1. The van der Waals surface area contributed by atoms with Gasteiger partial charge < -0.3 is 15.4 Å². The smallest absolute Gasteiger partial charge is 0.407 e. The predicted molar refractivity (Wildman–Crippen MR) is 78.2 cm³/mol. The summed E-state index contributed by atoms with van der Waals surface area (Å²) in [4.78, 5) is 11.7. The Balaban J connectivity index is 2.35. The van der Waals surface area contributed by atoms with E-state index in [0.29, 0.717) is 24.9 Å². The van der Waals surface area contributed by atoms with Gasteiger partial charge in [-0.3, -0.25) is 0 Å². The average molecular weight is 281 g/mol. The molecule has 0 aliphatic heterocycles. The van der Waals surface area contributed by atoms with E-state index in [0.717, 1.165) is 19.4 Å². The van der Waals surface area contributed by atoms with Crippen LogP contribution in [-0.4, -0.2) is 30.8 Å². The Morgan fingerprint density at radius 1 is 1.35 bits per heavy atom. The molecule has 1 aliphatic carbocycles. The molecule has 0 saturated heterocycles. The number of hydrogen-bond donors (Lipinski definition) is 2. The maximum Gasteiger partial charge on any atom is 0.407 e. The van der Waals surface area contributed by atoms with Gasteiger partial charge in [0.15, 0.2) is 0 Å². The lowest BCUT2D eigenvalue weighted by Gasteiger charge is -2.32. The molecule has 0 aromatic rings. The van der Waals surface area contributed by atoms with Crippen LogP contribution in [0.25, 0.3) is 0 Å². The first kappa shape index (κ1) is 16.8. The predicted octanol–water partition coefficient (Wildman–Crippen LogP) is 2.57. The van der Waals surface area contributed by atoms with E-state index in [1.165, 1.54) is 12.8 Å². The Morgan fingerprint density at radius 3 is 2.70 bits per heavy atom. The maximum absolute atomic E-state index is 11.7. The summed E-state index contributed by atoms with van der Waals surface area (Å²) in [5.74, 6) is 0.426. The topological polar surface area (TPSA) is 74.2 Å². The molecule has 5 nitrogen and oxygen atoms in total. The van der Waals surface area contributed by atoms with Crippen LogP contribution in [0.4, 0.5) is 4.79 Å². The average Bonchev–Trinajstić information content (AvgIpc) is 2.36. The molecule has 0 aromatic carbocycles. The van der Waals surface area contributed by atoms with Gasteiger partial charge in [-0.15, -0.1) is 0 Å². The van der Waals surface area contributed by atoms with E-state index in [-0.39, 0.29) is 6.09 Å². The maximum atomic E-state index is 11.7. The summed E-state index contributed by atoms with van der Waals surface area (Å²) >= 11 is 0. The fourth-order valence-corrected chi connectivity index (χ4v) is 2.56. The summed E-state index contributed by atoms with van der Waals surface area (Å²) < 4.78 is 5.25. The standard InChI is InChI=1S/C15H27N3O2/c1-15(2,3)20-14(19)18-11-12-7-4-5-8-13(12)17-10-6-9-16/h12-13,17H,4-8,10-11H2,1-3H3,(H,18,19). The van der Waals surface area contributed by atoms with Crippen molar-refractivity contribution in [1.82, 2.24) is 10.6 Å². The van der Waals surface area contributed by atoms with Gasteiger partial charge in [0.05, 0.1) is 6.07 Å². The van der Waals surface area contributed by atoms with Crippen LogP contribution in [0.15, 0.2) is 0 Å². The molecular weight excluding hydrogens is 254 g/mol. The van der Waals surface area contributed by atoms with Crippen LogP contribution >= 0.6 is 0 Å². The number of rotatable bonds is 5. The Labute approximate surface area is 122 Å². The zero-order valence-corrected chi connectivity index (χ0v) is 12.9. The first-order valence-electron chi connectivity index (χ1n) is 7.49. The molecule has 2 N–H and O–H groups in total. The van der Waals surface area contributed by atoms with Crippen molar-refractivity contribution in [3.8, 4) is 6.07 Å². The van der Waals surface area contributed by atoms with Crippen molar-refractivity contribution in [2.75, 3.05) is 13.1 Å². The van der Waals surface area contributed by atoms with Crippen LogP contribution in [0.2, 0.25) is 0 Å². The van der Waals surface area contributed by atoms with Crippen molar-refractivity contribution in [3.63, 3.8) is 0 Å². The quantitative estimate of drug-likeness (QED) is 0.760. The fourth-order valence-electron chi connectivity index (χ4n) is 2.56. The van der Waals surface area contributed by atoms with E-state index in [1.807, 2.05) is 20.8 Å². The Bertz CT molecular complexity index is 344. The zero-order valence-electron chi connectivity index (χ0n) is 12.9. The van der Waals surface area contributed by atoms with Crippen molar-refractivity contribution in [1.29, 1.82) is 5.26 Å². The number of carbonyl (C=O) groups is 1. The van der Waals surface area contributed by atoms with E-state index in [9.17, 15) is 4.79 Å². The van der Waals surface area contributed by atoms with Crippen molar-refractivity contribution >= 4 is 6.09 Å². The largest absolute Gasteiger partial charge is 0.444 e. The molecule has 1 aliphatic rings. The summed E-state index contributed by atoms with van der Waals surface area (Å²) in [7, 11) is 0. The first-order valence-corrected chi connectivity index (χ1v) is 7.49. The number of hydrogen-bond acceptors (Lipinski definition) is 4. The van der Waals surface area contributed by atoms with E-state index < -0.39 is 5.60 Å². The molecule has 114 valence electrons. The normalized spacial score (nSPS) is 22.9. The third-order valence-electron chi connectivity index (χ3n) is 3.46. The first-order chi connectivity index (χ1) is 9.42. The molecule has 1 rings (SSSR count). The van der Waals surface area contributed by atoms with Crippen LogP contribution in [0.5, 0.6) is 0 Å². The molecule has 0 heterocycles. The number of carbonyl (C=O) groups excluding carboxylic acids is 1. The van der Waals surface area contributed by atoms with Crippen molar-refractivity contribution in [3.05, 3.63) is 0 Å². The van der Waals surface area contributed by atoms with Crippen LogP contribution in [0.1, 0.15) is 52.9 Å². The second-order valence-electron chi connectivity index (χ2n) is 6.40.